The van der Waals surface area contributed by atoms with Crippen LogP contribution in [0.5, 0.6) is 0 Å². The molecule has 0 aromatic carbocycles. The van der Waals surface area contributed by atoms with Gasteiger partial charge in [0, 0.05) is 26.1 Å². The Morgan fingerprint density at radius 3 is 2.28 bits per heavy atom. The van der Waals surface area contributed by atoms with Crippen LogP contribution in [-0.2, 0) is 4.79 Å². The van der Waals surface area contributed by atoms with E-state index in [2.05, 4.69) is 44.0 Å². The lowest BCUT2D eigenvalue weighted by Crippen LogP contribution is -2.47. The SMILES string of the molecule is CC(C)CNC(=O)C(C)N(CCC#N)CC(C)C. The van der Waals surface area contributed by atoms with E-state index in [4.69, 9.17) is 5.26 Å². The molecule has 0 heterocycles. The normalized spacial score (nSPS) is 12.8. The summed E-state index contributed by atoms with van der Waals surface area (Å²) in [6.07, 6.45) is 0.467. The summed E-state index contributed by atoms with van der Waals surface area (Å²) in [6, 6.07) is 1.97. The molecular formula is C14H27N3O. The van der Waals surface area contributed by atoms with Gasteiger partial charge in [-0.3, -0.25) is 9.69 Å². The standard InChI is InChI=1S/C14H27N3O/c1-11(2)9-16-14(18)13(5)17(8-6-7-15)10-12(3)4/h11-13H,6,8-10H2,1-5H3,(H,16,18). The molecule has 0 spiro atoms. The van der Waals surface area contributed by atoms with Gasteiger partial charge >= 0.3 is 0 Å². The molecule has 0 aliphatic rings. The predicted octanol–water partition coefficient (Wildman–Crippen LogP) is 2.02. The van der Waals surface area contributed by atoms with Crippen molar-refractivity contribution in [1.29, 1.82) is 5.26 Å². The Hall–Kier alpha value is -1.08. The Morgan fingerprint density at radius 1 is 1.22 bits per heavy atom. The average molecular weight is 253 g/mol. The largest absolute Gasteiger partial charge is 0.354 e. The molecule has 0 saturated carbocycles. The lowest BCUT2D eigenvalue weighted by molar-refractivity contribution is -0.126. The third-order valence-electron chi connectivity index (χ3n) is 2.72. The van der Waals surface area contributed by atoms with E-state index in [1.165, 1.54) is 0 Å². The minimum Gasteiger partial charge on any atom is -0.354 e. The van der Waals surface area contributed by atoms with Gasteiger partial charge in [-0.05, 0) is 18.8 Å². The van der Waals surface area contributed by atoms with Crippen LogP contribution in [0, 0.1) is 23.2 Å². The van der Waals surface area contributed by atoms with Crippen LogP contribution in [0.15, 0.2) is 0 Å². The Morgan fingerprint density at radius 2 is 1.83 bits per heavy atom. The number of nitrogens with zero attached hydrogens (tertiary/aromatic N) is 2. The van der Waals surface area contributed by atoms with Crippen molar-refractivity contribution < 1.29 is 4.79 Å². The average Bonchev–Trinajstić information content (AvgIpc) is 2.29. The molecule has 0 bridgehead atoms. The van der Waals surface area contributed by atoms with E-state index >= 15 is 0 Å². The summed E-state index contributed by atoms with van der Waals surface area (Å²) in [6.45, 7) is 12.5. The Labute approximate surface area is 111 Å². The summed E-state index contributed by atoms with van der Waals surface area (Å²) in [4.78, 5) is 14.1. The first-order valence-corrected chi connectivity index (χ1v) is 6.77. The third kappa shape index (κ3) is 7.29. The van der Waals surface area contributed by atoms with Crippen molar-refractivity contribution in [2.75, 3.05) is 19.6 Å². The Bertz CT molecular complexity index is 281. The van der Waals surface area contributed by atoms with Crippen molar-refractivity contribution in [2.24, 2.45) is 11.8 Å². The summed E-state index contributed by atoms with van der Waals surface area (Å²) >= 11 is 0. The molecule has 18 heavy (non-hydrogen) atoms. The number of nitrogens with one attached hydrogen (secondary N) is 1. The molecule has 4 nitrogen and oxygen atoms in total. The molecule has 1 N–H and O–H groups in total. The highest BCUT2D eigenvalue weighted by molar-refractivity contribution is 5.81. The fourth-order valence-electron chi connectivity index (χ4n) is 1.72. The van der Waals surface area contributed by atoms with Crippen LogP contribution in [0.2, 0.25) is 0 Å². The van der Waals surface area contributed by atoms with Gasteiger partial charge in [0.05, 0.1) is 12.1 Å². The van der Waals surface area contributed by atoms with Crippen molar-refractivity contribution in [3.8, 4) is 6.07 Å². The van der Waals surface area contributed by atoms with E-state index in [9.17, 15) is 4.79 Å². The summed E-state index contributed by atoms with van der Waals surface area (Å²) in [5.41, 5.74) is 0. The van der Waals surface area contributed by atoms with Crippen LogP contribution >= 0.6 is 0 Å². The number of nitriles is 1. The van der Waals surface area contributed by atoms with Crippen molar-refractivity contribution >= 4 is 5.91 Å². The maximum Gasteiger partial charge on any atom is 0.237 e. The van der Waals surface area contributed by atoms with Gasteiger partial charge in [0.1, 0.15) is 0 Å². The number of carbonyl (C=O) groups excluding carboxylic acids is 1. The number of amides is 1. The molecule has 0 rings (SSSR count). The van der Waals surface area contributed by atoms with E-state index in [-0.39, 0.29) is 11.9 Å². The topological polar surface area (TPSA) is 56.1 Å². The summed E-state index contributed by atoms with van der Waals surface area (Å²) in [5, 5.41) is 11.6. The number of carbonyl (C=O) groups is 1. The van der Waals surface area contributed by atoms with Gasteiger partial charge < -0.3 is 5.32 Å². The van der Waals surface area contributed by atoms with E-state index in [0.717, 1.165) is 6.54 Å². The molecule has 0 aliphatic heterocycles. The zero-order chi connectivity index (χ0) is 14.1. The summed E-state index contributed by atoms with van der Waals surface area (Å²) in [7, 11) is 0. The molecule has 104 valence electrons. The molecule has 0 saturated heterocycles. The zero-order valence-electron chi connectivity index (χ0n) is 12.4. The van der Waals surface area contributed by atoms with Gasteiger partial charge in [-0.1, -0.05) is 27.7 Å². The van der Waals surface area contributed by atoms with Crippen molar-refractivity contribution in [2.45, 2.75) is 47.1 Å². The van der Waals surface area contributed by atoms with Crippen LogP contribution in [0.25, 0.3) is 0 Å². The fraction of sp³-hybridized carbons (Fsp3) is 0.857. The van der Waals surface area contributed by atoms with Crippen LogP contribution < -0.4 is 5.32 Å². The molecule has 0 radical (unpaired) electrons. The van der Waals surface area contributed by atoms with Gasteiger partial charge in [0.25, 0.3) is 0 Å². The third-order valence-corrected chi connectivity index (χ3v) is 2.72. The maximum absolute atomic E-state index is 12.0. The van der Waals surface area contributed by atoms with Crippen molar-refractivity contribution in [3.05, 3.63) is 0 Å². The van der Waals surface area contributed by atoms with Gasteiger partial charge in [-0.15, -0.1) is 0 Å². The quantitative estimate of drug-likeness (QED) is 0.720. The molecule has 0 aliphatic carbocycles. The molecule has 4 heteroatoms. The molecular weight excluding hydrogens is 226 g/mol. The number of hydrogen-bond acceptors (Lipinski definition) is 3. The highest BCUT2D eigenvalue weighted by Gasteiger charge is 2.21. The first kappa shape index (κ1) is 16.9. The summed E-state index contributed by atoms with van der Waals surface area (Å²) in [5.74, 6) is 1.00. The minimum absolute atomic E-state index is 0.0577. The first-order chi connectivity index (χ1) is 8.38. The van der Waals surface area contributed by atoms with Gasteiger partial charge in [-0.2, -0.15) is 5.26 Å². The van der Waals surface area contributed by atoms with Gasteiger partial charge in [0.15, 0.2) is 0 Å². The smallest absolute Gasteiger partial charge is 0.237 e. The van der Waals surface area contributed by atoms with Crippen LogP contribution in [0.1, 0.15) is 41.0 Å². The van der Waals surface area contributed by atoms with Crippen molar-refractivity contribution in [3.63, 3.8) is 0 Å². The second-order valence-corrected chi connectivity index (χ2v) is 5.61. The Kier molecular flexibility index (Phi) is 8.40. The fourth-order valence-corrected chi connectivity index (χ4v) is 1.72. The lowest BCUT2D eigenvalue weighted by atomic mass is 10.1. The second-order valence-electron chi connectivity index (χ2n) is 5.61. The van der Waals surface area contributed by atoms with Gasteiger partial charge in [0.2, 0.25) is 5.91 Å². The van der Waals surface area contributed by atoms with Crippen molar-refractivity contribution in [1.82, 2.24) is 10.2 Å². The van der Waals surface area contributed by atoms with Gasteiger partial charge in [-0.25, -0.2) is 0 Å². The number of hydrogen-bond donors (Lipinski definition) is 1. The number of rotatable bonds is 8. The van der Waals surface area contributed by atoms with Crippen LogP contribution in [0.3, 0.4) is 0 Å². The highest BCUT2D eigenvalue weighted by atomic mass is 16.2. The predicted molar refractivity (Wildman–Crippen MR) is 74.0 cm³/mol. The van der Waals surface area contributed by atoms with E-state index < -0.39 is 0 Å². The summed E-state index contributed by atoms with van der Waals surface area (Å²) < 4.78 is 0. The van der Waals surface area contributed by atoms with E-state index in [0.29, 0.717) is 31.3 Å². The second kappa shape index (κ2) is 8.93. The van der Waals surface area contributed by atoms with Crippen LogP contribution in [-0.4, -0.2) is 36.5 Å². The zero-order valence-corrected chi connectivity index (χ0v) is 12.4. The Balaban J connectivity index is 4.38. The lowest BCUT2D eigenvalue weighted by Gasteiger charge is -2.29. The molecule has 1 amide bonds. The van der Waals surface area contributed by atoms with E-state index in [1.807, 2.05) is 6.92 Å². The molecule has 1 unspecified atom stereocenters. The highest BCUT2D eigenvalue weighted by Crippen LogP contribution is 2.06. The maximum atomic E-state index is 12.0. The molecule has 0 fully saturated rings. The van der Waals surface area contributed by atoms with Crippen LogP contribution in [0.4, 0.5) is 0 Å². The molecule has 0 aromatic heterocycles. The monoisotopic (exact) mass is 253 g/mol. The molecule has 1 atom stereocenters. The minimum atomic E-state index is -0.167. The molecule has 0 aromatic rings. The first-order valence-electron chi connectivity index (χ1n) is 6.77. The van der Waals surface area contributed by atoms with E-state index in [1.54, 1.807) is 0 Å².